The minimum atomic E-state index is -1.50. The Kier molecular flexibility index (Phi) is 3.80. The Morgan fingerprint density at radius 1 is 0.647 bits per heavy atom. The second-order valence-corrected chi connectivity index (χ2v) is 9.25. The highest BCUT2D eigenvalue weighted by atomic mass is 28.3. The van der Waals surface area contributed by atoms with E-state index in [2.05, 4.69) is 74.5 Å². The number of hydrogen-bond donors (Lipinski definition) is 0. The van der Waals surface area contributed by atoms with E-state index in [4.69, 9.17) is 0 Å². The summed E-state index contributed by atoms with van der Waals surface area (Å²) in [7, 11) is -1.50. The third kappa shape index (κ3) is 2.20. The van der Waals surface area contributed by atoms with E-state index in [9.17, 15) is 0 Å². The van der Waals surface area contributed by atoms with Gasteiger partial charge in [-0.05, 0) is 0 Å². The summed E-state index contributed by atoms with van der Waals surface area (Å²) in [6.45, 7) is 4.69. The first-order valence-corrected chi connectivity index (χ1v) is 8.86. The van der Waals surface area contributed by atoms with Gasteiger partial charge in [-0.15, -0.1) is 0 Å². The molecule has 1 heteroatoms. The summed E-state index contributed by atoms with van der Waals surface area (Å²) in [6, 6.07) is 24.7. The first-order chi connectivity index (χ1) is 8.33. The monoisotopic (exact) mass is 240 g/mol. The molecule has 0 heterocycles. The van der Waals surface area contributed by atoms with Crippen LogP contribution < -0.4 is 10.4 Å². The average molecular weight is 240 g/mol. The highest BCUT2D eigenvalue weighted by molar-refractivity contribution is 7.02. The van der Waals surface area contributed by atoms with Crippen LogP contribution in [0.2, 0.25) is 12.1 Å². The lowest BCUT2D eigenvalue weighted by Crippen LogP contribution is -2.57. The van der Waals surface area contributed by atoms with E-state index < -0.39 is 8.07 Å². The zero-order valence-electron chi connectivity index (χ0n) is 10.7. The normalized spacial score (nSPS) is 11.4. The molecule has 0 nitrogen and oxygen atoms in total. The molecule has 0 aliphatic rings. The van der Waals surface area contributed by atoms with Crippen molar-refractivity contribution in [3.63, 3.8) is 0 Å². The van der Waals surface area contributed by atoms with E-state index in [1.165, 1.54) is 12.1 Å². The molecular weight excluding hydrogens is 220 g/mol. The first kappa shape index (κ1) is 12.1. The van der Waals surface area contributed by atoms with E-state index in [-0.39, 0.29) is 0 Å². The molecule has 0 spiro atoms. The van der Waals surface area contributed by atoms with Gasteiger partial charge in [-0.1, -0.05) is 97.0 Å². The SMILES string of the molecule is CC[Si](CC)(c1ccccc1)c1ccccc1. The molecule has 0 amide bonds. The Hall–Kier alpha value is -1.34. The van der Waals surface area contributed by atoms with Gasteiger partial charge in [0, 0.05) is 0 Å². The Morgan fingerprint density at radius 3 is 1.29 bits per heavy atom. The molecule has 0 N–H and O–H groups in total. The van der Waals surface area contributed by atoms with Crippen molar-refractivity contribution in [2.45, 2.75) is 25.9 Å². The summed E-state index contributed by atoms with van der Waals surface area (Å²) >= 11 is 0. The summed E-state index contributed by atoms with van der Waals surface area (Å²) in [5.41, 5.74) is 0. The van der Waals surface area contributed by atoms with Crippen molar-refractivity contribution in [3.8, 4) is 0 Å². The average Bonchev–Trinajstić information content (AvgIpc) is 2.43. The van der Waals surface area contributed by atoms with Gasteiger partial charge in [0.2, 0.25) is 0 Å². The topological polar surface area (TPSA) is 0 Å². The molecule has 0 aliphatic carbocycles. The summed E-state index contributed by atoms with van der Waals surface area (Å²) in [5, 5.41) is 3.13. The van der Waals surface area contributed by atoms with Gasteiger partial charge < -0.3 is 0 Å². The Balaban J connectivity index is 2.54. The number of benzene rings is 2. The molecule has 17 heavy (non-hydrogen) atoms. The molecule has 0 atom stereocenters. The quantitative estimate of drug-likeness (QED) is 0.719. The largest absolute Gasteiger partial charge is 0.117 e. The third-order valence-corrected chi connectivity index (χ3v) is 9.15. The van der Waals surface area contributed by atoms with E-state index in [1.807, 2.05) is 0 Å². The van der Waals surface area contributed by atoms with Crippen LogP contribution in [0.15, 0.2) is 60.7 Å². The van der Waals surface area contributed by atoms with Crippen LogP contribution in [-0.2, 0) is 0 Å². The minimum absolute atomic E-state index is 1.28. The lowest BCUT2D eigenvalue weighted by atomic mass is 10.4. The summed E-state index contributed by atoms with van der Waals surface area (Å²) in [5.74, 6) is 0. The maximum Gasteiger partial charge on any atom is 0.117 e. The Labute approximate surface area is 105 Å². The lowest BCUT2D eigenvalue weighted by Gasteiger charge is -2.30. The molecule has 0 unspecified atom stereocenters. The minimum Gasteiger partial charge on any atom is -0.0672 e. The van der Waals surface area contributed by atoms with E-state index in [0.29, 0.717) is 0 Å². The van der Waals surface area contributed by atoms with Crippen LogP contribution in [0, 0.1) is 0 Å². The van der Waals surface area contributed by atoms with Crippen molar-refractivity contribution in [1.82, 2.24) is 0 Å². The van der Waals surface area contributed by atoms with Crippen LogP contribution in [0.3, 0.4) is 0 Å². The van der Waals surface area contributed by atoms with Crippen LogP contribution in [0.25, 0.3) is 0 Å². The smallest absolute Gasteiger partial charge is 0.0672 e. The van der Waals surface area contributed by atoms with Crippen molar-refractivity contribution in [2.24, 2.45) is 0 Å². The fourth-order valence-corrected chi connectivity index (χ4v) is 6.87. The highest BCUT2D eigenvalue weighted by Gasteiger charge is 2.32. The predicted molar refractivity (Wildman–Crippen MR) is 78.9 cm³/mol. The third-order valence-electron chi connectivity index (χ3n) is 3.86. The van der Waals surface area contributed by atoms with Gasteiger partial charge in [0.15, 0.2) is 0 Å². The van der Waals surface area contributed by atoms with Gasteiger partial charge in [0.05, 0.1) is 0 Å². The number of hydrogen-bond acceptors (Lipinski definition) is 0. The van der Waals surface area contributed by atoms with Gasteiger partial charge in [-0.25, -0.2) is 0 Å². The standard InChI is InChI=1S/C16H20Si/c1-3-17(4-2,15-11-7-5-8-12-15)16-13-9-6-10-14-16/h5-14H,3-4H2,1-2H3. The highest BCUT2D eigenvalue weighted by Crippen LogP contribution is 2.15. The van der Waals surface area contributed by atoms with E-state index in [1.54, 1.807) is 10.4 Å². The molecule has 0 bridgehead atoms. The van der Waals surface area contributed by atoms with Crippen molar-refractivity contribution in [2.75, 3.05) is 0 Å². The van der Waals surface area contributed by atoms with Crippen LogP contribution >= 0.6 is 0 Å². The zero-order valence-corrected chi connectivity index (χ0v) is 11.7. The van der Waals surface area contributed by atoms with Crippen molar-refractivity contribution in [1.29, 1.82) is 0 Å². The van der Waals surface area contributed by atoms with Crippen LogP contribution in [0.4, 0.5) is 0 Å². The van der Waals surface area contributed by atoms with Crippen LogP contribution in [0.5, 0.6) is 0 Å². The molecule has 0 fully saturated rings. The van der Waals surface area contributed by atoms with Crippen molar-refractivity contribution in [3.05, 3.63) is 60.7 Å². The van der Waals surface area contributed by atoms with Gasteiger partial charge in [-0.2, -0.15) is 0 Å². The number of rotatable bonds is 4. The second-order valence-electron chi connectivity index (χ2n) is 4.52. The lowest BCUT2D eigenvalue weighted by molar-refractivity contribution is 1.29. The van der Waals surface area contributed by atoms with Gasteiger partial charge >= 0.3 is 0 Å². The second kappa shape index (κ2) is 5.33. The van der Waals surface area contributed by atoms with Gasteiger partial charge in [-0.3, -0.25) is 0 Å². The van der Waals surface area contributed by atoms with E-state index >= 15 is 0 Å². The molecule has 2 aromatic carbocycles. The Morgan fingerprint density at radius 2 is 1.00 bits per heavy atom. The summed E-state index contributed by atoms with van der Waals surface area (Å²) in [4.78, 5) is 0. The zero-order chi connectivity index (χ0) is 12.1. The maximum atomic E-state index is 2.34. The van der Waals surface area contributed by atoms with Gasteiger partial charge in [0.1, 0.15) is 8.07 Å². The van der Waals surface area contributed by atoms with Gasteiger partial charge in [0.25, 0.3) is 0 Å². The summed E-state index contributed by atoms with van der Waals surface area (Å²) < 4.78 is 0. The maximum absolute atomic E-state index is 2.34. The molecule has 88 valence electrons. The van der Waals surface area contributed by atoms with Crippen molar-refractivity contribution >= 4 is 18.4 Å². The van der Waals surface area contributed by atoms with Crippen LogP contribution in [-0.4, -0.2) is 8.07 Å². The molecule has 2 aromatic rings. The Bertz CT molecular complexity index is 402. The molecular formula is C16H20Si. The predicted octanol–water partition coefficient (Wildman–Crippen LogP) is 3.29. The molecule has 0 saturated heterocycles. The fourth-order valence-electron chi connectivity index (χ4n) is 2.75. The first-order valence-electron chi connectivity index (χ1n) is 6.44. The molecule has 0 saturated carbocycles. The summed E-state index contributed by atoms with van der Waals surface area (Å²) in [6.07, 6.45) is 0. The fraction of sp³-hybridized carbons (Fsp3) is 0.250. The molecule has 0 aliphatic heterocycles. The molecule has 0 radical (unpaired) electrons. The van der Waals surface area contributed by atoms with Crippen LogP contribution in [0.1, 0.15) is 13.8 Å². The van der Waals surface area contributed by atoms with E-state index in [0.717, 1.165) is 0 Å². The van der Waals surface area contributed by atoms with Crippen molar-refractivity contribution < 1.29 is 0 Å². The molecule has 0 aromatic heterocycles. The molecule has 2 rings (SSSR count).